The van der Waals surface area contributed by atoms with E-state index in [1.807, 2.05) is 6.08 Å². The summed E-state index contributed by atoms with van der Waals surface area (Å²) in [6, 6.07) is 0. The minimum atomic E-state index is 0.700. The van der Waals surface area contributed by atoms with Crippen LogP contribution in [0.15, 0.2) is 12.2 Å². The van der Waals surface area contributed by atoms with E-state index < -0.39 is 0 Å². The average molecular weight is 154 g/mol. The molecule has 0 N–H and O–H groups in total. The van der Waals surface area contributed by atoms with Gasteiger partial charge in [-0.25, -0.2) is 0 Å². The molecule has 0 heterocycles. The van der Waals surface area contributed by atoms with Gasteiger partial charge in [-0.15, -0.1) is 0 Å². The second-order valence-corrected chi connectivity index (χ2v) is 3.53. The first-order valence-corrected chi connectivity index (χ1v) is 4.27. The highest BCUT2D eigenvalue weighted by atomic mass is 16.1. The molecule has 0 aliphatic rings. The predicted octanol–water partition coefficient (Wildman–Crippen LogP) is 2.81. The molecule has 0 amide bonds. The van der Waals surface area contributed by atoms with Crippen LogP contribution in [0.2, 0.25) is 0 Å². The molecule has 1 nitrogen and oxygen atoms in total. The van der Waals surface area contributed by atoms with Crippen molar-refractivity contribution in [2.45, 2.75) is 33.6 Å². The maximum Gasteiger partial charge on any atom is 0.142 e. The van der Waals surface area contributed by atoms with Crippen LogP contribution >= 0.6 is 0 Å². The number of hydrogen-bond donors (Lipinski definition) is 0. The Balaban J connectivity index is 3.43. The van der Waals surface area contributed by atoms with Crippen LogP contribution in [0.3, 0.4) is 0 Å². The van der Waals surface area contributed by atoms with Crippen molar-refractivity contribution in [3.63, 3.8) is 0 Å². The lowest BCUT2D eigenvalue weighted by Gasteiger charge is -2.10. The Morgan fingerprint density at radius 3 is 2.36 bits per heavy atom. The monoisotopic (exact) mass is 154 g/mol. The van der Waals surface area contributed by atoms with Crippen molar-refractivity contribution in [1.29, 1.82) is 0 Å². The summed E-state index contributed by atoms with van der Waals surface area (Å²) in [5.74, 6) is 1.46. The molecule has 0 spiro atoms. The second kappa shape index (κ2) is 6.14. The Bertz CT molecular complexity index is 125. The van der Waals surface area contributed by atoms with Crippen molar-refractivity contribution < 1.29 is 4.79 Å². The van der Waals surface area contributed by atoms with Gasteiger partial charge in [0.15, 0.2) is 0 Å². The van der Waals surface area contributed by atoms with Gasteiger partial charge < -0.3 is 0 Å². The average Bonchev–Trinajstić information content (AvgIpc) is 1.86. The molecular formula is C10H18O. The zero-order chi connectivity index (χ0) is 8.69. The highest BCUT2D eigenvalue weighted by Crippen LogP contribution is 2.14. The number of rotatable bonds is 5. The van der Waals surface area contributed by atoms with Crippen molar-refractivity contribution in [2.24, 2.45) is 11.8 Å². The molecule has 0 radical (unpaired) electrons. The van der Waals surface area contributed by atoms with E-state index in [1.54, 1.807) is 6.08 Å². The van der Waals surface area contributed by atoms with E-state index in [0.717, 1.165) is 18.6 Å². The van der Waals surface area contributed by atoms with Gasteiger partial charge in [-0.05, 0) is 30.8 Å². The molecule has 1 atom stereocenters. The molecule has 1 heteroatoms. The van der Waals surface area contributed by atoms with Crippen LogP contribution in [-0.2, 0) is 4.79 Å². The Labute approximate surface area is 69.5 Å². The summed E-state index contributed by atoms with van der Waals surface area (Å²) in [5.41, 5.74) is 0. The summed E-state index contributed by atoms with van der Waals surface area (Å²) in [6.45, 7) is 6.66. The highest BCUT2D eigenvalue weighted by molar-refractivity contribution is 5.64. The molecule has 0 aromatic carbocycles. The first kappa shape index (κ1) is 10.4. The van der Waals surface area contributed by atoms with Crippen molar-refractivity contribution >= 4 is 6.29 Å². The minimum absolute atomic E-state index is 0.700. The lowest BCUT2D eigenvalue weighted by atomic mass is 9.96. The number of allylic oxidation sites excluding steroid dienone is 2. The zero-order valence-electron chi connectivity index (χ0n) is 7.71. The lowest BCUT2D eigenvalue weighted by Crippen LogP contribution is -1.98. The first-order valence-electron chi connectivity index (χ1n) is 4.27. The molecule has 11 heavy (non-hydrogen) atoms. The van der Waals surface area contributed by atoms with Gasteiger partial charge in [0.2, 0.25) is 0 Å². The Morgan fingerprint density at radius 1 is 1.27 bits per heavy atom. The molecule has 0 aliphatic heterocycles. The molecule has 0 fully saturated rings. The maximum absolute atomic E-state index is 9.92. The fourth-order valence-corrected chi connectivity index (χ4v) is 1.27. The van der Waals surface area contributed by atoms with Crippen LogP contribution in [0, 0.1) is 11.8 Å². The molecule has 0 bridgehead atoms. The molecule has 0 aliphatic carbocycles. The Hall–Kier alpha value is -0.590. The van der Waals surface area contributed by atoms with Gasteiger partial charge in [-0.2, -0.15) is 0 Å². The summed E-state index contributed by atoms with van der Waals surface area (Å²) < 4.78 is 0. The van der Waals surface area contributed by atoms with Crippen LogP contribution < -0.4 is 0 Å². The molecule has 0 aromatic rings. The van der Waals surface area contributed by atoms with Gasteiger partial charge in [0.25, 0.3) is 0 Å². The Morgan fingerprint density at radius 2 is 1.91 bits per heavy atom. The number of carbonyl (C=O) groups is 1. The van der Waals surface area contributed by atoms with Crippen molar-refractivity contribution in [3.8, 4) is 0 Å². The number of carbonyl (C=O) groups excluding carboxylic acids is 1. The number of aldehydes is 1. The number of hydrogen-bond acceptors (Lipinski definition) is 1. The van der Waals surface area contributed by atoms with Crippen LogP contribution in [-0.4, -0.2) is 6.29 Å². The molecule has 0 saturated heterocycles. The highest BCUT2D eigenvalue weighted by Gasteiger charge is 2.01. The third-order valence-corrected chi connectivity index (χ3v) is 1.63. The van der Waals surface area contributed by atoms with Gasteiger partial charge in [-0.1, -0.05) is 26.8 Å². The smallest absolute Gasteiger partial charge is 0.142 e. The van der Waals surface area contributed by atoms with E-state index in [2.05, 4.69) is 20.8 Å². The fourth-order valence-electron chi connectivity index (χ4n) is 1.27. The zero-order valence-corrected chi connectivity index (χ0v) is 7.71. The lowest BCUT2D eigenvalue weighted by molar-refractivity contribution is -0.104. The van der Waals surface area contributed by atoms with Gasteiger partial charge in [0, 0.05) is 0 Å². The SMILES string of the molecule is CC(C)CC(C)C/C=C/C=O. The van der Waals surface area contributed by atoms with Gasteiger partial charge in [0.1, 0.15) is 6.29 Å². The molecule has 64 valence electrons. The summed E-state index contributed by atoms with van der Waals surface area (Å²) in [7, 11) is 0. The molecule has 1 unspecified atom stereocenters. The van der Waals surface area contributed by atoms with E-state index in [-0.39, 0.29) is 0 Å². The third-order valence-electron chi connectivity index (χ3n) is 1.63. The van der Waals surface area contributed by atoms with Crippen molar-refractivity contribution in [1.82, 2.24) is 0 Å². The standard InChI is InChI=1S/C10H18O/c1-9(2)8-10(3)6-4-5-7-11/h4-5,7,9-10H,6,8H2,1-3H3/b5-4+. The van der Waals surface area contributed by atoms with Gasteiger partial charge >= 0.3 is 0 Å². The Kier molecular flexibility index (Phi) is 5.81. The molecule has 0 saturated carbocycles. The normalized spacial score (nSPS) is 14.2. The predicted molar refractivity (Wildman–Crippen MR) is 48.4 cm³/mol. The summed E-state index contributed by atoms with van der Waals surface area (Å²) in [6.07, 6.45) is 6.62. The summed E-state index contributed by atoms with van der Waals surface area (Å²) in [4.78, 5) is 9.92. The van der Waals surface area contributed by atoms with E-state index in [9.17, 15) is 4.79 Å². The van der Waals surface area contributed by atoms with Crippen LogP contribution in [0.4, 0.5) is 0 Å². The molecule has 0 rings (SSSR count). The topological polar surface area (TPSA) is 17.1 Å². The molecule has 0 aromatic heterocycles. The minimum Gasteiger partial charge on any atom is -0.299 e. The van der Waals surface area contributed by atoms with E-state index >= 15 is 0 Å². The van der Waals surface area contributed by atoms with Crippen LogP contribution in [0.5, 0.6) is 0 Å². The van der Waals surface area contributed by atoms with E-state index in [1.165, 1.54) is 6.42 Å². The van der Waals surface area contributed by atoms with Crippen LogP contribution in [0.25, 0.3) is 0 Å². The molecular weight excluding hydrogens is 136 g/mol. The quantitative estimate of drug-likeness (QED) is 0.439. The first-order chi connectivity index (χ1) is 5.16. The maximum atomic E-state index is 9.92. The van der Waals surface area contributed by atoms with E-state index in [4.69, 9.17) is 0 Å². The van der Waals surface area contributed by atoms with Crippen molar-refractivity contribution in [2.75, 3.05) is 0 Å². The third kappa shape index (κ3) is 7.31. The van der Waals surface area contributed by atoms with Crippen molar-refractivity contribution in [3.05, 3.63) is 12.2 Å². The van der Waals surface area contributed by atoms with Crippen LogP contribution in [0.1, 0.15) is 33.6 Å². The van der Waals surface area contributed by atoms with E-state index in [0.29, 0.717) is 5.92 Å². The summed E-state index contributed by atoms with van der Waals surface area (Å²) >= 11 is 0. The fraction of sp³-hybridized carbons (Fsp3) is 0.700. The second-order valence-electron chi connectivity index (χ2n) is 3.53. The largest absolute Gasteiger partial charge is 0.299 e. The van der Waals surface area contributed by atoms with Gasteiger partial charge in [0.05, 0.1) is 0 Å². The summed E-state index contributed by atoms with van der Waals surface area (Å²) in [5, 5.41) is 0. The van der Waals surface area contributed by atoms with Gasteiger partial charge in [-0.3, -0.25) is 4.79 Å².